The van der Waals surface area contributed by atoms with Gasteiger partial charge in [-0.05, 0) is 49.2 Å². The van der Waals surface area contributed by atoms with Crippen LogP contribution < -0.4 is 11.1 Å². The van der Waals surface area contributed by atoms with Gasteiger partial charge in [-0.2, -0.15) is 9.49 Å². The standard InChI is InChI=1S/C22H24F2N6O/c1-14-8-10-29(11-15-3-2-9-26-20(15)24)13-19(14)30-12-18(21(25)31)22(28-30)27-17-6-4-16(23)5-7-17/h2-7,9,12,14,19H,8,10-11,13H2,1H3,(H2,25,31)(H,27,28)/t14-,19-/m1/s1. The zero-order valence-corrected chi connectivity index (χ0v) is 17.1. The second-order valence-electron chi connectivity index (χ2n) is 7.89. The molecule has 0 radical (unpaired) electrons. The van der Waals surface area contributed by atoms with Crippen molar-refractivity contribution < 1.29 is 13.6 Å². The van der Waals surface area contributed by atoms with Crippen molar-refractivity contribution in [2.75, 3.05) is 18.4 Å². The van der Waals surface area contributed by atoms with E-state index in [-0.39, 0.29) is 17.4 Å². The highest BCUT2D eigenvalue weighted by atomic mass is 19.1. The number of rotatable bonds is 6. The molecule has 0 spiro atoms. The maximum Gasteiger partial charge on any atom is 0.254 e. The van der Waals surface area contributed by atoms with Crippen molar-refractivity contribution >= 4 is 17.4 Å². The van der Waals surface area contributed by atoms with Gasteiger partial charge in [0.1, 0.15) is 11.4 Å². The molecule has 0 aliphatic carbocycles. The Morgan fingerprint density at radius 2 is 2.03 bits per heavy atom. The number of hydrogen-bond donors (Lipinski definition) is 2. The molecule has 2 aromatic heterocycles. The number of carbonyl (C=O) groups is 1. The second kappa shape index (κ2) is 8.81. The van der Waals surface area contributed by atoms with Crippen LogP contribution in [0.5, 0.6) is 0 Å². The number of hydrogen-bond acceptors (Lipinski definition) is 5. The van der Waals surface area contributed by atoms with Crippen molar-refractivity contribution in [3.05, 3.63) is 71.7 Å². The van der Waals surface area contributed by atoms with Gasteiger partial charge in [0.2, 0.25) is 5.95 Å². The summed E-state index contributed by atoms with van der Waals surface area (Å²) in [5, 5.41) is 7.62. The van der Waals surface area contributed by atoms with E-state index in [0.29, 0.717) is 36.1 Å². The molecule has 1 fully saturated rings. The second-order valence-corrected chi connectivity index (χ2v) is 7.89. The Hall–Kier alpha value is -3.33. The number of amides is 1. The number of nitrogens with one attached hydrogen (secondary N) is 1. The molecule has 3 aromatic rings. The number of piperidine rings is 1. The largest absolute Gasteiger partial charge is 0.365 e. The number of carbonyl (C=O) groups excluding carboxylic acids is 1. The van der Waals surface area contributed by atoms with Crippen LogP contribution in [0.15, 0.2) is 48.8 Å². The smallest absolute Gasteiger partial charge is 0.254 e. The van der Waals surface area contributed by atoms with Crippen molar-refractivity contribution in [2.45, 2.75) is 25.9 Å². The minimum atomic E-state index is -0.603. The van der Waals surface area contributed by atoms with E-state index in [4.69, 9.17) is 5.73 Å². The van der Waals surface area contributed by atoms with Gasteiger partial charge < -0.3 is 11.1 Å². The molecule has 3 heterocycles. The molecular formula is C22H24F2N6O. The van der Waals surface area contributed by atoms with Crippen LogP contribution >= 0.6 is 0 Å². The first-order chi connectivity index (χ1) is 14.9. The summed E-state index contributed by atoms with van der Waals surface area (Å²) in [4.78, 5) is 17.9. The molecule has 3 N–H and O–H groups in total. The third-order valence-corrected chi connectivity index (χ3v) is 5.68. The van der Waals surface area contributed by atoms with Crippen molar-refractivity contribution in [3.8, 4) is 0 Å². The topological polar surface area (TPSA) is 89.1 Å². The number of primary amides is 1. The Labute approximate surface area is 178 Å². The highest BCUT2D eigenvalue weighted by Gasteiger charge is 2.30. The van der Waals surface area contributed by atoms with Crippen molar-refractivity contribution in [3.63, 3.8) is 0 Å². The molecule has 1 amide bonds. The van der Waals surface area contributed by atoms with E-state index in [1.165, 1.54) is 18.3 Å². The summed E-state index contributed by atoms with van der Waals surface area (Å²) in [6.45, 7) is 4.06. The molecule has 1 aliphatic rings. The van der Waals surface area contributed by atoms with Crippen LogP contribution in [0.2, 0.25) is 0 Å². The van der Waals surface area contributed by atoms with Crippen LogP contribution in [-0.2, 0) is 6.54 Å². The van der Waals surface area contributed by atoms with Crippen LogP contribution in [0.25, 0.3) is 0 Å². The fraction of sp³-hybridized carbons (Fsp3) is 0.318. The van der Waals surface area contributed by atoms with Crippen molar-refractivity contribution in [1.82, 2.24) is 19.7 Å². The molecular weight excluding hydrogens is 402 g/mol. The number of halogens is 2. The Balaban J connectivity index is 1.56. The maximum absolute atomic E-state index is 14.0. The first kappa shape index (κ1) is 20.9. The summed E-state index contributed by atoms with van der Waals surface area (Å²) >= 11 is 0. The van der Waals surface area contributed by atoms with Gasteiger partial charge in [-0.25, -0.2) is 9.37 Å². The lowest BCUT2D eigenvalue weighted by molar-refractivity contribution is 0.0999. The molecule has 1 saturated heterocycles. The third kappa shape index (κ3) is 4.72. The third-order valence-electron chi connectivity index (χ3n) is 5.68. The van der Waals surface area contributed by atoms with Gasteiger partial charge in [0.15, 0.2) is 5.82 Å². The lowest BCUT2D eigenvalue weighted by atomic mass is 9.93. The molecule has 1 aromatic carbocycles. The first-order valence-corrected chi connectivity index (χ1v) is 10.1. The Morgan fingerprint density at radius 3 is 2.74 bits per heavy atom. The normalized spacial score (nSPS) is 19.3. The zero-order chi connectivity index (χ0) is 22.0. The molecule has 0 saturated carbocycles. The molecule has 9 heteroatoms. The monoisotopic (exact) mass is 426 g/mol. The molecule has 0 unspecified atom stereocenters. The van der Waals surface area contributed by atoms with Gasteiger partial charge in [0.05, 0.1) is 6.04 Å². The number of nitrogens with two attached hydrogens (primary N) is 1. The zero-order valence-electron chi connectivity index (χ0n) is 17.1. The van der Waals surface area contributed by atoms with Crippen molar-refractivity contribution in [2.24, 2.45) is 11.7 Å². The van der Waals surface area contributed by atoms with Crippen LogP contribution in [0.3, 0.4) is 0 Å². The molecule has 7 nitrogen and oxygen atoms in total. The summed E-state index contributed by atoms with van der Waals surface area (Å²) in [5.41, 5.74) is 6.97. The molecule has 2 atom stereocenters. The Kier molecular flexibility index (Phi) is 5.94. The number of benzene rings is 1. The number of aromatic nitrogens is 3. The Bertz CT molecular complexity index is 1070. The van der Waals surface area contributed by atoms with Gasteiger partial charge in [-0.1, -0.05) is 13.0 Å². The van der Waals surface area contributed by atoms with Crippen LogP contribution in [-0.4, -0.2) is 38.7 Å². The summed E-state index contributed by atoms with van der Waals surface area (Å²) in [6, 6.07) is 9.21. The average Bonchev–Trinajstić information content (AvgIpc) is 3.16. The Morgan fingerprint density at radius 1 is 1.26 bits per heavy atom. The first-order valence-electron chi connectivity index (χ1n) is 10.1. The maximum atomic E-state index is 14.0. The van der Waals surface area contributed by atoms with E-state index >= 15 is 0 Å². The summed E-state index contributed by atoms with van der Waals surface area (Å²) in [7, 11) is 0. The lowest BCUT2D eigenvalue weighted by Gasteiger charge is -2.37. The van der Waals surface area contributed by atoms with Gasteiger partial charge in [0, 0.05) is 36.7 Å². The highest BCUT2D eigenvalue weighted by molar-refractivity contribution is 5.98. The van der Waals surface area contributed by atoms with Crippen LogP contribution in [0.4, 0.5) is 20.3 Å². The highest BCUT2D eigenvalue weighted by Crippen LogP contribution is 2.30. The predicted molar refractivity (Wildman–Crippen MR) is 113 cm³/mol. The number of likely N-dealkylation sites (tertiary alicyclic amines) is 1. The number of anilines is 2. The van der Waals surface area contributed by atoms with E-state index in [9.17, 15) is 13.6 Å². The van der Waals surface area contributed by atoms with E-state index in [2.05, 4.69) is 27.2 Å². The van der Waals surface area contributed by atoms with Crippen molar-refractivity contribution in [1.29, 1.82) is 0 Å². The minimum Gasteiger partial charge on any atom is -0.365 e. The fourth-order valence-electron chi connectivity index (χ4n) is 3.88. The predicted octanol–water partition coefficient (Wildman–Crippen LogP) is 3.48. The van der Waals surface area contributed by atoms with E-state index < -0.39 is 11.9 Å². The number of nitrogens with zero attached hydrogens (tertiary/aromatic N) is 4. The summed E-state index contributed by atoms with van der Waals surface area (Å²) < 4.78 is 28.9. The summed E-state index contributed by atoms with van der Waals surface area (Å²) in [6.07, 6.45) is 3.98. The van der Waals surface area contributed by atoms with Gasteiger partial charge in [-0.3, -0.25) is 14.4 Å². The lowest BCUT2D eigenvalue weighted by Crippen LogP contribution is -2.40. The van der Waals surface area contributed by atoms with Gasteiger partial charge in [0.25, 0.3) is 5.91 Å². The molecule has 162 valence electrons. The fourth-order valence-corrected chi connectivity index (χ4v) is 3.88. The van der Waals surface area contributed by atoms with Gasteiger partial charge >= 0.3 is 0 Å². The van der Waals surface area contributed by atoms with E-state index in [1.807, 2.05) is 0 Å². The quantitative estimate of drug-likeness (QED) is 0.589. The van der Waals surface area contributed by atoms with Crippen LogP contribution in [0.1, 0.15) is 35.3 Å². The molecule has 4 rings (SSSR count). The molecule has 0 bridgehead atoms. The molecule has 1 aliphatic heterocycles. The molecule has 31 heavy (non-hydrogen) atoms. The number of pyridine rings is 1. The summed E-state index contributed by atoms with van der Waals surface area (Å²) in [5.74, 6) is -0.796. The SMILES string of the molecule is C[C@@H]1CCN(Cc2cccnc2F)C[C@H]1n1cc(C(N)=O)c(Nc2ccc(F)cc2)n1. The van der Waals surface area contributed by atoms with Gasteiger partial charge in [-0.15, -0.1) is 0 Å². The van der Waals surface area contributed by atoms with E-state index in [0.717, 1.165) is 13.0 Å². The van der Waals surface area contributed by atoms with E-state index in [1.54, 1.807) is 35.1 Å². The minimum absolute atomic E-state index is 0.0182. The van der Waals surface area contributed by atoms with Crippen LogP contribution in [0, 0.1) is 17.7 Å². The average molecular weight is 426 g/mol.